The SMILES string of the molecule is CCCCCCC/C=C\C/C=C\C/C=C\CCCCCCCCCCCCCOCC(COC1OC(CO)C(O)C(OS(=O)(=O)O)C1O)OC(=O)CCCCCCCCCCCCCCCCCCCCCCCCC. The zero-order valence-electron chi connectivity index (χ0n) is 48.8. The van der Waals surface area contributed by atoms with Crippen molar-refractivity contribution < 1.29 is 56.2 Å². The molecule has 12 nitrogen and oxygen atoms in total. The molecule has 13 heteroatoms. The first kappa shape index (κ1) is 72.3. The van der Waals surface area contributed by atoms with Gasteiger partial charge in [0.15, 0.2) is 6.29 Å². The number of carbonyl (C=O) groups is 1. The van der Waals surface area contributed by atoms with Crippen molar-refractivity contribution in [2.24, 2.45) is 0 Å². The van der Waals surface area contributed by atoms with Crippen LogP contribution in [0.1, 0.15) is 296 Å². The molecule has 6 unspecified atom stereocenters. The van der Waals surface area contributed by atoms with Crippen molar-refractivity contribution in [2.45, 2.75) is 333 Å². The fourth-order valence-electron chi connectivity index (χ4n) is 9.98. The molecule has 6 atom stereocenters. The molecule has 4 N–H and O–H groups in total. The van der Waals surface area contributed by atoms with Crippen LogP contribution in [0, 0.1) is 0 Å². The molecule has 0 amide bonds. The van der Waals surface area contributed by atoms with Crippen molar-refractivity contribution in [1.29, 1.82) is 0 Å². The van der Waals surface area contributed by atoms with Gasteiger partial charge in [0, 0.05) is 13.0 Å². The van der Waals surface area contributed by atoms with E-state index in [0.717, 1.165) is 51.4 Å². The lowest BCUT2D eigenvalue weighted by molar-refractivity contribution is -0.301. The Labute approximate surface area is 466 Å². The van der Waals surface area contributed by atoms with Gasteiger partial charge in [-0.1, -0.05) is 275 Å². The Kier molecular flexibility index (Phi) is 51.3. The van der Waals surface area contributed by atoms with Crippen molar-refractivity contribution in [3.8, 4) is 0 Å². The Balaban J connectivity index is 2.25. The van der Waals surface area contributed by atoms with Crippen molar-refractivity contribution in [1.82, 2.24) is 0 Å². The maximum Gasteiger partial charge on any atom is 0.397 e. The van der Waals surface area contributed by atoms with Gasteiger partial charge in [-0.2, -0.15) is 8.42 Å². The lowest BCUT2D eigenvalue weighted by Gasteiger charge is -2.41. The van der Waals surface area contributed by atoms with Crippen LogP contribution in [0.3, 0.4) is 0 Å². The number of hydrogen-bond donors (Lipinski definition) is 4. The van der Waals surface area contributed by atoms with Crippen LogP contribution in [0.2, 0.25) is 0 Å². The molecule has 76 heavy (non-hydrogen) atoms. The fourth-order valence-corrected chi connectivity index (χ4v) is 10.5. The summed E-state index contributed by atoms with van der Waals surface area (Å²) in [5.41, 5.74) is 0. The summed E-state index contributed by atoms with van der Waals surface area (Å²) >= 11 is 0. The molecule has 0 saturated carbocycles. The maximum absolute atomic E-state index is 13.0. The molecule has 0 aromatic heterocycles. The standard InChI is InChI=1S/C63H118O12S/c1-3-5-7-9-11-13-15-17-19-21-23-25-27-28-29-31-33-35-37-39-41-43-45-47-49-51-53-71-55-57(56-72-63-61(67)62(75-76(68,69)70)60(66)58(54-64)74-63)73-59(65)52-50-48-46-44-42-40-38-36-34-32-30-26-24-22-20-18-16-14-12-10-8-6-4-2/h15,17,21,23,27-28,57-58,60-64,66-67H,3-14,16,18-20,22,24-26,29-56H2,1-2H3,(H,68,69,70)/b17-15-,23-21-,28-27-. The minimum Gasteiger partial charge on any atom is -0.457 e. The topological polar surface area (TPSA) is 178 Å². The summed E-state index contributed by atoms with van der Waals surface area (Å²) in [5.74, 6) is -0.393. The smallest absolute Gasteiger partial charge is 0.397 e. The van der Waals surface area contributed by atoms with Crippen molar-refractivity contribution in [3.05, 3.63) is 36.5 Å². The summed E-state index contributed by atoms with van der Waals surface area (Å²) < 4.78 is 59.6. The van der Waals surface area contributed by atoms with Crippen LogP contribution in [0.25, 0.3) is 0 Å². The molecule has 0 bridgehead atoms. The van der Waals surface area contributed by atoms with E-state index < -0.39 is 59.8 Å². The Morgan fingerprint density at radius 3 is 1.26 bits per heavy atom. The first-order chi connectivity index (χ1) is 37.1. The second-order valence-corrected chi connectivity index (χ2v) is 23.1. The Morgan fingerprint density at radius 2 is 0.868 bits per heavy atom. The van der Waals surface area contributed by atoms with Gasteiger partial charge >= 0.3 is 16.4 Å². The highest BCUT2D eigenvalue weighted by Gasteiger charge is 2.48. The molecule has 1 aliphatic heterocycles. The third-order valence-electron chi connectivity index (χ3n) is 14.8. The first-order valence-electron chi connectivity index (χ1n) is 31.7. The summed E-state index contributed by atoms with van der Waals surface area (Å²) in [5, 5.41) is 30.9. The molecule has 1 aliphatic rings. The molecular weight excluding hydrogens is 981 g/mol. The van der Waals surface area contributed by atoms with E-state index in [1.165, 1.54) is 218 Å². The molecular formula is C63H118O12S. The minimum atomic E-state index is -5.07. The number of allylic oxidation sites excluding steroid dienone is 6. The largest absolute Gasteiger partial charge is 0.457 e. The highest BCUT2D eigenvalue weighted by Crippen LogP contribution is 2.26. The number of unbranched alkanes of at least 4 members (excludes halogenated alkanes) is 38. The van der Waals surface area contributed by atoms with Crippen LogP contribution in [0.4, 0.5) is 0 Å². The van der Waals surface area contributed by atoms with Crippen LogP contribution in [-0.4, -0.2) is 97.5 Å². The average Bonchev–Trinajstić information content (AvgIpc) is 3.40. The van der Waals surface area contributed by atoms with Gasteiger partial charge in [-0.15, -0.1) is 0 Å². The van der Waals surface area contributed by atoms with Crippen LogP contribution < -0.4 is 0 Å². The number of aliphatic hydroxyl groups is 3. The molecule has 1 rings (SSSR count). The molecule has 448 valence electrons. The third-order valence-corrected chi connectivity index (χ3v) is 15.2. The molecule has 0 aliphatic carbocycles. The molecule has 1 saturated heterocycles. The van der Waals surface area contributed by atoms with Gasteiger partial charge in [0.1, 0.15) is 30.5 Å². The van der Waals surface area contributed by atoms with Crippen LogP contribution >= 0.6 is 0 Å². The molecule has 0 radical (unpaired) electrons. The lowest BCUT2D eigenvalue weighted by Crippen LogP contribution is -2.60. The predicted molar refractivity (Wildman–Crippen MR) is 313 cm³/mol. The normalized spacial score (nSPS) is 18.7. The summed E-state index contributed by atoms with van der Waals surface area (Å²) in [4.78, 5) is 13.0. The monoisotopic (exact) mass is 1100 g/mol. The van der Waals surface area contributed by atoms with Crippen molar-refractivity contribution >= 4 is 16.4 Å². The quantitative estimate of drug-likeness (QED) is 0.0196. The van der Waals surface area contributed by atoms with E-state index in [0.29, 0.717) is 13.0 Å². The van der Waals surface area contributed by atoms with Gasteiger partial charge in [-0.3, -0.25) is 9.35 Å². The number of esters is 1. The summed E-state index contributed by atoms with van der Waals surface area (Å²) in [6.45, 7) is 4.04. The highest BCUT2D eigenvalue weighted by atomic mass is 32.3. The Hall–Kier alpha value is -1.68. The zero-order valence-corrected chi connectivity index (χ0v) is 49.6. The number of carbonyl (C=O) groups excluding carboxylic acids is 1. The van der Waals surface area contributed by atoms with Crippen LogP contribution in [0.5, 0.6) is 0 Å². The van der Waals surface area contributed by atoms with Crippen molar-refractivity contribution in [3.63, 3.8) is 0 Å². The molecule has 1 fully saturated rings. The predicted octanol–water partition coefficient (Wildman–Crippen LogP) is 16.4. The first-order valence-corrected chi connectivity index (χ1v) is 33.1. The molecule has 0 aromatic carbocycles. The van der Waals surface area contributed by atoms with Gasteiger partial charge in [0.2, 0.25) is 0 Å². The Bertz CT molecular complexity index is 1460. The van der Waals surface area contributed by atoms with E-state index in [4.69, 9.17) is 18.9 Å². The molecule has 1 heterocycles. The highest BCUT2D eigenvalue weighted by molar-refractivity contribution is 7.80. The minimum absolute atomic E-state index is 0.0377. The van der Waals surface area contributed by atoms with Gasteiger partial charge in [-0.05, 0) is 51.4 Å². The number of hydrogen-bond acceptors (Lipinski definition) is 11. The van der Waals surface area contributed by atoms with Gasteiger partial charge in [-0.25, -0.2) is 4.18 Å². The summed E-state index contributed by atoms with van der Waals surface area (Å²) in [6, 6.07) is 0. The second-order valence-electron chi connectivity index (χ2n) is 22.0. The summed E-state index contributed by atoms with van der Waals surface area (Å²) in [6.07, 6.45) is 59.0. The van der Waals surface area contributed by atoms with Gasteiger partial charge in [0.25, 0.3) is 0 Å². The Morgan fingerprint density at radius 1 is 0.500 bits per heavy atom. The van der Waals surface area contributed by atoms with Gasteiger partial charge in [0.05, 0.1) is 19.8 Å². The lowest BCUT2D eigenvalue weighted by atomic mass is 9.99. The molecule has 0 aromatic rings. The van der Waals surface area contributed by atoms with E-state index in [2.05, 4.69) is 54.5 Å². The van der Waals surface area contributed by atoms with E-state index >= 15 is 0 Å². The van der Waals surface area contributed by atoms with E-state index in [9.17, 15) is 33.1 Å². The number of aliphatic hydroxyl groups excluding tert-OH is 3. The van der Waals surface area contributed by atoms with Crippen molar-refractivity contribution in [2.75, 3.05) is 26.4 Å². The van der Waals surface area contributed by atoms with E-state index in [-0.39, 0.29) is 19.6 Å². The van der Waals surface area contributed by atoms with Crippen LogP contribution in [-0.2, 0) is 38.3 Å². The van der Waals surface area contributed by atoms with Gasteiger partial charge < -0.3 is 34.3 Å². The average molecular weight is 1100 g/mol. The van der Waals surface area contributed by atoms with E-state index in [1.807, 2.05) is 0 Å². The van der Waals surface area contributed by atoms with Crippen LogP contribution in [0.15, 0.2) is 36.5 Å². The fraction of sp³-hybridized carbons (Fsp3) is 0.889. The zero-order chi connectivity index (χ0) is 55.3. The maximum atomic E-state index is 13.0. The molecule has 0 spiro atoms. The van der Waals surface area contributed by atoms with E-state index in [1.54, 1.807) is 0 Å². The second kappa shape index (κ2) is 53.9. The summed E-state index contributed by atoms with van der Waals surface area (Å²) in [7, 11) is -5.07. The third kappa shape index (κ3) is 46.1. The number of rotatable bonds is 57. The number of ether oxygens (including phenoxy) is 4.